The Labute approximate surface area is 173 Å². The number of rotatable bonds is 4. The molecule has 6 heteroatoms. The molecular weight excluding hydrogens is 386 g/mol. The maximum atomic E-state index is 13.3. The summed E-state index contributed by atoms with van der Waals surface area (Å²) in [7, 11) is 0. The van der Waals surface area contributed by atoms with E-state index in [0.29, 0.717) is 23.7 Å². The number of para-hydroxylation sites is 1. The van der Waals surface area contributed by atoms with Crippen molar-refractivity contribution in [1.82, 2.24) is 14.1 Å². The summed E-state index contributed by atoms with van der Waals surface area (Å²) in [6.07, 6.45) is 2.32. The van der Waals surface area contributed by atoms with Gasteiger partial charge in [-0.2, -0.15) is 0 Å². The predicted octanol–water partition coefficient (Wildman–Crippen LogP) is 4.83. The Morgan fingerprint density at radius 2 is 1.93 bits per heavy atom. The number of nitrogens with one attached hydrogen (secondary N) is 1. The number of aromatic hydroxyl groups is 1. The van der Waals surface area contributed by atoms with Crippen LogP contribution in [-0.4, -0.2) is 19.2 Å². The molecule has 0 saturated carbocycles. The monoisotopic (exact) mass is 407 g/mol. The van der Waals surface area contributed by atoms with Gasteiger partial charge in [0.2, 0.25) is 5.88 Å². The van der Waals surface area contributed by atoms with Crippen molar-refractivity contribution in [2.24, 2.45) is 0 Å². The molecule has 0 bridgehead atoms. The summed E-state index contributed by atoms with van der Waals surface area (Å²) in [6, 6.07) is 15.4. The summed E-state index contributed by atoms with van der Waals surface area (Å²) >= 11 is 6.11. The quantitative estimate of drug-likeness (QED) is 0.448. The Balaban J connectivity index is 1.79. The van der Waals surface area contributed by atoms with Gasteiger partial charge >= 0.3 is 5.69 Å². The average Bonchev–Trinajstić information content (AvgIpc) is 3.21. The fourth-order valence-corrected chi connectivity index (χ4v) is 4.58. The van der Waals surface area contributed by atoms with Gasteiger partial charge in [-0.15, -0.1) is 0 Å². The second-order valence-electron chi connectivity index (χ2n) is 7.62. The molecule has 1 atom stereocenters. The summed E-state index contributed by atoms with van der Waals surface area (Å²) in [5.74, 6) is 0.0818. The predicted molar refractivity (Wildman–Crippen MR) is 115 cm³/mol. The number of hydrogen-bond acceptors (Lipinski definition) is 2. The van der Waals surface area contributed by atoms with Gasteiger partial charge in [0.15, 0.2) is 0 Å². The van der Waals surface area contributed by atoms with Crippen molar-refractivity contribution in [3.05, 3.63) is 86.6 Å². The number of halogens is 1. The van der Waals surface area contributed by atoms with E-state index < -0.39 is 0 Å². The average molecular weight is 408 g/mol. The molecule has 5 nitrogen and oxygen atoms in total. The van der Waals surface area contributed by atoms with Gasteiger partial charge in [0.05, 0.1) is 5.69 Å². The van der Waals surface area contributed by atoms with Crippen molar-refractivity contribution in [2.45, 2.75) is 38.8 Å². The highest BCUT2D eigenvalue weighted by Crippen LogP contribution is 2.40. The molecule has 0 amide bonds. The van der Waals surface area contributed by atoms with E-state index in [2.05, 4.69) is 18.0 Å². The molecule has 1 aliphatic rings. The minimum absolute atomic E-state index is 0.0818. The van der Waals surface area contributed by atoms with Crippen LogP contribution in [0.2, 0.25) is 5.02 Å². The van der Waals surface area contributed by atoms with Crippen molar-refractivity contribution < 1.29 is 5.11 Å². The normalized spacial score (nSPS) is 15.4. The van der Waals surface area contributed by atoms with E-state index in [4.69, 9.17) is 11.6 Å². The summed E-state index contributed by atoms with van der Waals surface area (Å²) in [4.78, 5) is 16.9. The molecule has 0 aliphatic carbocycles. The lowest BCUT2D eigenvalue weighted by atomic mass is 9.93. The smallest absolute Gasteiger partial charge is 0.332 e. The van der Waals surface area contributed by atoms with Crippen LogP contribution in [0.25, 0.3) is 10.9 Å². The van der Waals surface area contributed by atoms with Crippen molar-refractivity contribution in [2.75, 3.05) is 0 Å². The molecule has 3 heterocycles. The van der Waals surface area contributed by atoms with Gasteiger partial charge in [-0.3, -0.25) is 9.13 Å². The zero-order valence-corrected chi connectivity index (χ0v) is 16.9. The molecule has 1 aliphatic heterocycles. The molecule has 148 valence electrons. The van der Waals surface area contributed by atoms with Crippen LogP contribution in [-0.2, 0) is 13.0 Å². The van der Waals surface area contributed by atoms with Crippen LogP contribution in [0.3, 0.4) is 0 Å². The Hall–Kier alpha value is -2.92. The lowest BCUT2D eigenvalue weighted by Crippen LogP contribution is -2.32. The Bertz CT molecular complexity index is 1260. The molecular formula is C23H22ClN3O2. The molecule has 2 aromatic heterocycles. The van der Waals surface area contributed by atoms with E-state index in [9.17, 15) is 9.90 Å². The topological polar surface area (TPSA) is 62.9 Å². The number of unbranched alkanes of at least 4 members (excludes halogenated alkanes) is 1. The SMILES string of the molecule is CCCCn1c(O)c2n(c1=O)[C@@H](c1ccc(Cl)cc1)c1[nH]c3ccccc3c1C2. The van der Waals surface area contributed by atoms with Crippen LogP contribution in [0.1, 0.15) is 48.3 Å². The van der Waals surface area contributed by atoms with Crippen LogP contribution < -0.4 is 5.69 Å². The number of benzene rings is 2. The summed E-state index contributed by atoms with van der Waals surface area (Å²) in [5, 5.41) is 12.7. The van der Waals surface area contributed by atoms with Gasteiger partial charge < -0.3 is 10.1 Å². The number of hydrogen-bond donors (Lipinski definition) is 2. The van der Waals surface area contributed by atoms with Crippen LogP contribution in [0, 0.1) is 0 Å². The molecule has 0 fully saturated rings. The van der Waals surface area contributed by atoms with E-state index in [1.807, 2.05) is 42.5 Å². The maximum Gasteiger partial charge on any atom is 0.332 e. The van der Waals surface area contributed by atoms with Crippen molar-refractivity contribution >= 4 is 22.5 Å². The zero-order valence-electron chi connectivity index (χ0n) is 16.2. The van der Waals surface area contributed by atoms with Gasteiger partial charge in [-0.1, -0.05) is 55.3 Å². The largest absolute Gasteiger partial charge is 0.493 e. The molecule has 2 N–H and O–H groups in total. The molecule has 0 spiro atoms. The number of fused-ring (bicyclic) bond motifs is 4. The first-order valence-corrected chi connectivity index (χ1v) is 10.4. The Kier molecular flexibility index (Phi) is 4.28. The molecule has 0 unspecified atom stereocenters. The maximum absolute atomic E-state index is 13.3. The third kappa shape index (κ3) is 2.72. The molecule has 0 radical (unpaired) electrons. The molecule has 2 aromatic carbocycles. The van der Waals surface area contributed by atoms with Gasteiger partial charge in [-0.05, 0) is 35.7 Å². The van der Waals surface area contributed by atoms with E-state index in [1.165, 1.54) is 4.57 Å². The van der Waals surface area contributed by atoms with Crippen LogP contribution in [0.5, 0.6) is 5.88 Å². The van der Waals surface area contributed by atoms with Crippen molar-refractivity contribution in [3.63, 3.8) is 0 Å². The minimum Gasteiger partial charge on any atom is -0.493 e. The van der Waals surface area contributed by atoms with Crippen molar-refractivity contribution in [1.29, 1.82) is 0 Å². The van der Waals surface area contributed by atoms with E-state index in [1.54, 1.807) is 4.57 Å². The van der Waals surface area contributed by atoms with E-state index >= 15 is 0 Å². The highest BCUT2D eigenvalue weighted by Gasteiger charge is 2.35. The number of aromatic amines is 1. The first-order valence-electron chi connectivity index (χ1n) is 9.98. The van der Waals surface area contributed by atoms with Crippen LogP contribution in [0.15, 0.2) is 53.3 Å². The fourth-order valence-electron chi connectivity index (χ4n) is 4.45. The Morgan fingerprint density at radius 3 is 2.69 bits per heavy atom. The molecule has 4 aromatic rings. The second-order valence-corrected chi connectivity index (χ2v) is 8.06. The number of nitrogens with zero attached hydrogens (tertiary/aromatic N) is 2. The zero-order chi connectivity index (χ0) is 20.1. The molecule has 5 rings (SSSR count). The Morgan fingerprint density at radius 1 is 1.17 bits per heavy atom. The number of aromatic nitrogens is 3. The first-order chi connectivity index (χ1) is 14.1. The summed E-state index contributed by atoms with van der Waals surface area (Å²) < 4.78 is 3.25. The van der Waals surface area contributed by atoms with Gasteiger partial charge in [0, 0.05) is 34.6 Å². The molecule has 29 heavy (non-hydrogen) atoms. The standard InChI is InChI=1S/C23H22ClN3O2/c1-2-3-12-26-22(28)19-13-17-16-6-4-5-7-18(16)25-20(17)21(27(19)23(26)29)14-8-10-15(24)11-9-14/h4-11,21,25,28H,2-3,12-13H2,1H3/t21-/m0/s1. The summed E-state index contributed by atoms with van der Waals surface area (Å²) in [5.41, 5.74) is 4.61. The van der Waals surface area contributed by atoms with Crippen molar-refractivity contribution in [3.8, 4) is 5.88 Å². The van der Waals surface area contributed by atoms with E-state index in [-0.39, 0.29) is 17.6 Å². The number of H-pyrrole nitrogens is 1. The van der Waals surface area contributed by atoms with Crippen LogP contribution >= 0.6 is 11.6 Å². The second kappa shape index (κ2) is 6.85. The molecule has 0 saturated heterocycles. The third-order valence-corrected chi connectivity index (χ3v) is 6.14. The fraction of sp³-hybridized carbons (Fsp3) is 0.261. The lowest BCUT2D eigenvalue weighted by Gasteiger charge is -2.26. The summed E-state index contributed by atoms with van der Waals surface area (Å²) in [6.45, 7) is 2.59. The lowest BCUT2D eigenvalue weighted by molar-refractivity contribution is 0.404. The van der Waals surface area contributed by atoms with Gasteiger partial charge in [0.1, 0.15) is 6.04 Å². The first kappa shape index (κ1) is 18.1. The van der Waals surface area contributed by atoms with Crippen LogP contribution in [0.4, 0.5) is 0 Å². The van der Waals surface area contributed by atoms with Gasteiger partial charge in [0.25, 0.3) is 0 Å². The third-order valence-electron chi connectivity index (χ3n) is 5.89. The van der Waals surface area contributed by atoms with E-state index in [0.717, 1.165) is 40.6 Å². The van der Waals surface area contributed by atoms with Gasteiger partial charge in [-0.25, -0.2) is 4.79 Å². The highest BCUT2D eigenvalue weighted by atomic mass is 35.5. The highest BCUT2D eigenvalue weighted by molar-refractivity contribution is 6.30. The number of imidazole rings is 1. The minimum atomic E-state index is -0.334.